The van der Waals surface area contributed by atoms with Crippen LogP contribution in [0.1, 0.15) is 72.5 Å². The van der Waals surface area contributed by atoms with Crippen LogP contribution in [0.3, 0.4) is 0 Å². The Balaban J connectivity index is 1.12. The summed E-state index contributed by atoms with van der Waals surface area (Å²) in [7, 11) is 0. The summed E-state index contributed by atoms with van der Waals surface area (Å²) in [4.78, 5) is 0. The molecule has 0 saturated carbocycles. The summed E-state index contributed by atoms with van der Waals surface area (Å²) in [6.07, 6.45) is 0. The summed E-state index contributed by atoms with van der Waals surface area (Å²) in [5.74, 6) is 0. The molecule has 2 aliphatic carbocycles. The molecular weight excluding hydrogens is 836 g/mol. The van der Waals surface area contributed by atoms with Crippen molar-refractivity contribution >= 4 is 66.5 Å². The first-order chi connectivity index (χ1) is 32.3. The minimum atomic E-state index is -0.269. The van der Waals surface area contributed by atoms with Crippen LogP contribution in [0.5, 0.6) is 0 Å². The number of halogens is 1. The lowest BCUT2D eigenvalue weighted by molar-refractivity contribution is 0.638. The number of hydrogen-bond acceptors (Lipinski definition) is 0. The normalized spacial score (nSPS) is 14.6. The maximum Gasteiger partial charge on any atom is 0.123 e. The first kappa shape index (κ1) is 38.9. The van der Waals surface area contributed by atoms with Crippen molar-refractivity contribution < 1.29 is 0 Å². The number of benzene rings is 8. The van der Waals surface area contributed by atoms with Gasteiger partial charge in [0.05, 0.1) is 38.5 Å². The molecule has 324 valence electrons. The van der Waals surface area contributed by atoms with Gasteiger partial charge >= 0.3 is 0 Å². The predicted molar refractivity (Wildman–Crippen MR) is 282 cm³/mol. The lowest BCUT2D eigenvalue weighted by Crippen LogP contribution is -2.18. The molecule has 14 rings (SSSR count). The van der Waals surface area contributed by atoms with Crippen LogP contribution in [0.15, 0.2) is 152 Å². The van der Waals surface area contributed by atoms with Crippen LogP contribution < -0.4 is 0 Å². The van der Waals surface area contributed by atoms with Gasteiger partial charge in [0.1, 0.15) is 11.3 Å². The van der Waals surface area contributed by atoms with Crippen LogP contribution in [-0.2, 0) is 10.8 Å². The van der Waals surface area contributed by atoms with Crippen LogP contribution in [-0.4, -0.2) is 17.9 Å². The number of fused-ring (bicyclic) bond motifs is 18. The summed E-state index contributed by atoms with van der Waals surface area (Å²) in [6.45, 7) is 18.6. The highest BCUT2D eigenvalue weighted by Gasteiger charge is 2.43. The zero-order chi connectivity index (χ0) is 45.6. The second-order valence-corrected chi connectivity index (χ2v) is 21.0. The summed E-state index contributed by atoms with van der Waals surface area (Å²) in [6, 6.07) is 56.7. The molecular formula is C62H49ClN4. The number of aryl methyl sites for hydroxylation is 4. The minimum Gasteiger partial charge on any atom is -0.296 e. The fourth-order valence-corrected chi connectivity index (χ4v) is 13.5. The van der Waals surface area contributed by atoms with Gasteiger partial charge in [-0.1, -0.05) is 155 Å². The molecule has 0 unspecified atom stereocenters. The average Bonchev–Trinajstić information content (AvgIpc) is 4.12. The Bertz CT molecular complexity index is 3950. The molecule has 0 atom stereocenters. The molecule has 0 N–H and O–H groups in total. The van der Waals surface area contributed by atoms with E-state index < -0.39 is 0 Å². The van der Waals surface area contributed by atoms with E-state index in [2.05, 4.69) is 225 Å². The Morgan fingerprint density at radius 2 is 0.851 bits per heavy atom. The van der Waals surface area contributed by atoms with Gasteiger partial charge in [-0.05, 0) is 141 Å². The number of nitrogens with zero attached hydrogens (tertiary/aromatic N) is 4. The predicted octanol–water partition coefficient (Wildman–Crippen LogP) is 16.6. The molecule has 5 heteroatoms. The molecule has 8 aromatic carbocycles. The largest absolute Gasteiger partial charge is 0.296 e. The molecule has 0 fully saturated rings. The van der Waals surface area contributed by atoms with E-state index in [0.29, 0.717) is 5.02 Å². The van der Waals surface area contributed by atoms with Crippen molar-refractivity contribution in [3.8, 4) is 44.8 Å². The van der Waals surface area contributed by atoms with Gasteiger partial charge in [0, 0.05) is 33.3 Å². The van der Waals surface area contributed by atoms with E-state index in [0.717, 1.165) is 33.8 Å². The SMILES string of the molecule is Cc1cc(C)c2c(c1)n1c3c(cc1n2-c1cc(-c2ccccc2)cc(-n2c4c(C)cc(C)cc4n4c5c(cc24)-c2ccc4ccccc4c2C5(C)C)c1Cl)-c1ccc2ccccc2c1C3(C)C. The molecule has 0 aliphatic heterocycles. The van der Waals surface area contributed by atoms with Crippen LogP contribution in [0.4, 0.5) is 0 Å². The fourth-order valence-electron chi connectivity index (χ4n) is 13.3. The molecule has 0 radical (unpaired) electrons. The van der Waals surface area contributed by atoms with Gasteiger partial charge in [0.2, 0.25) is 0 Å². The first-order valence-electron chi connectivity index (χ1n) is 23.6. The Kier molecular flexibility index (Phi) is 7.55. The van der Waals surface area contributed by atoms with E-state index in [1.54, 1.807) is 0 Å². The molecule has 2 aliphatic rings. The molecule has 0 amide bonds. The number of hydrogen-bond donors (Lipinski definition) is 0. The Hall–Kier alpha value is -7.27. The van der Waals surface area contributed by atoms with Crippen LogP contribution >= 0.6 is 11.6 Å². The van der Waals surface area contributed by atoms with E-state index in [9.17, 15) is 0 Å². The van der Waals surface area contributed by atoms with Crippen molar-refractivity contribution in [1.82, 2.24) is 17.9 Å². The molecule has 4 heterocycles. The standard InChI is InChI=1S/C62H49ClN4/c1-34-26-36(3)57-50(28-34)66-52(32-46-44-24-22-39-18-12-14-20-42(39)54(44)61(5,6)59(46)66)64(57)48-30-41(38-16-10-9-11-17-38)31-49(56(48)63)65-53-33-47-45-25-23-40-19-13-15-21-43(40)55(45)62(7,8)60(47)67(53)51-29-35(2)27-37(4)58(51)65/h9-33H,1-8H3. The molecule has 12 aromatic rings. The Morgan fingerprint density at radius 3 is 1.31 bits per heavy atom. The molecule has 0 bridgehead atoms. The van der Waals surface area contributed by atoms with Gasteiger partial charge in [-0.3, -0.25) is 17.9 Å². The summed E-state index contributed by atoms with van der Waals surface area (Å²) in [5, 5.41) is 5.90. The number of imidazole rings is 2. The number of rotatable bonds is 3. The molecule has 4 aromatic heterocycles. The highest BCUT2D eigenvalue weighted by Crippen LogP contribution is 2.56. The molecule has 0 saturated heterocycles. The number of aromatic nitrogens is 4. The zero-order valence-corrected chi connectivity index (χ0v) is 39.9. The maximum absolute atomic E-state index is 8.25. The second kappa shape index (κ2) is 13.0. The van der Waals surface area contributed by atoms with E-state index in [1.165, 1.54) is 111 Å². The van der Waals surface area contributed by atoms with Crippen molar-refractivity contribution in [1.29, 1.82) is 0 Å². The van der Waals surface area contributed by atoms with Gasteiger partial charge in [0.15, 0.2) is 0 Å². The lowest BCUT2D eigenvalue weighted by atomic mass is 9.82. The van der Waals surface area contributed by atoms with Crippen LogP contribution in [0.2, 0.25) is 5.02 Å². The smallest absolute Gasteiger partial charge is 0.123 e. The third kappa shape index (κ3) is 4.88. The average molecular weight is 886 g/mol. The minimum absolute atomic E-state index is 0.269. The third-order valence-electron chi connectivity index (χ3n) is 15.7. The van der Waals surface area contributed by atoms with Crippen molar-refractivity contribution in [3.05, 3.63) is 201 Å². The maximum atomic E-state index is 8.25. The second-order valence-electron chi connectivity index (χ2n) is 20.6. The monoisotopic (exact) mass is 884 g/mol. The van der Waals surface area contributed by atoms with Gasteiger partial charge < -0.3 is 0 Å². The van der Waals surface area contributed by atoms with Crippen LogP contribution in [0.25, 0.3) is 99.7 Å². The highest BCUT2D eigenvalue weighted by atomic mass is 35.5. The van der Waals surface area contributed by atoms with Crippen molar-refractivity contribution in [2.24, 2.45) is 0 Å². The van der Waals surface area contributed by atoms with Crippen molar-refractivity contribution in [3.63, 3.8) is 0 Å². The fraction of sp³-hybridized carbons (Fsp3) is 0.161. The van der Waals surface area contributed by atoms with Crippen molar-refractivity contribution in [2.45, 2.75) is 66.2 Å². The highest BCUT2D eigenvalue weighted by molar-refractivity contribution is 6.35. The van der Waals surface area contributed by atoms with E-state index in [-0.39, 0.29) is 10.8 Å². The Morgan fingerprint density at radius 1 is 0.418 bits per heavy atom. The molecule has 4 nitrogen and oxygen atoms in total. The van der Waals surface area contributed by atoms with E-state index in [1.807, 2.05) is 0 Å². The molecule has 0 spiro atoms. The first-order valence-corrected chi connectivity index (χ1v) is 24.0. The van der Waals surface area contributed by atoms with E-state index >= 15 is 0 Å². The van der Waals surface area contributed by atoms with Gasteiger partial charge in [0.25, 0.3) is 0 Å². The van der Waals surface area contributed by atoms with Crippen molar-refractivity contribution in [2.75, 3.05) is 0 Å². The Labute approximate surface area is 394 Å². The summed E-state index contributed by atoms with van der Waals surface area (Å²) in [5.41, 5.74) is 26.1. The van der Waals surface area contributed by atoms with Gasteiger partial charge in [-0.25, -0.2) is 0 Å². The van der Waals surface area contributed by atoms with Gasteiger partial charge in [-0.15, -0.1) is 0 Å². The zero-order valence-electron chi connectivity index (χ0n) is 39.1. The summed E-state index contributed by atoms with van der Waals surface area (Å²) < 4.78 is 10.1. The third-order valence-corrected chi connectivity index (χ3v) is 16.1. The topological polar surface area (TPSA) is 18.7 Å². The quantitative estimate of drug-likeness (QED) is 0.168. The van der Waals surface area contributed by atoms with E-state index in [4.69, 9.17) is 11.6 Å². The van der Waals surface area contributed by atoms with Gasteiger partial charge in [-0.2, -0.15) is 0 Å². The summed E-state index contributed by atoms with van der Waals surface area (Å²) >= 11 is 8.25. The van der Waals surface area contributed by atoms with Crippen LogP contribution in [0, 0.1) is 27.7 Å². The lowest BCUT2D eigenvalue weighted by Gasteiger charge is -2.23. The molecule has 67 heavy (non-hydrogen) atoms.